The summed E-state index contributed by atoms with van der Waals surface area (Å²) in [7, 11) is 0. The second-order valence-corrected chi connectivity index (χ2v) is 6.72. The Morgan fingerprint density at radius 1 is 1.19 bits per heavy atom. The first kappa shape index (κ1) is 18.8. The minimum absolute atomic E-state index is 0.119. The number of rotatable bonds is 5. The normalized spacial score (nSPS) is 15.6. The van der Waals surface area contributed by atoms with Crippen molar-refractivity contribution >= 4 is 12.0 Å². The summed E-state index contributed by atoms with van der Waals surface area (Å²) >= 11 is 0. The lowest BCUT2D eigenvalue weighted by Crippen LogP contribution is -2.44. The number of benzene rings is 2. The highest BCUT2D eigenvalue weighted by Gasteiger charge is 2.20. The summed E-state index contributed by atoms with van der Waals surface area (Å²) in [5, 5.41) is 11.8. The highest BCUT2D eigenvalue weighted by Crippen LogP contribution is 2.16. The van der Waals surface area contributed by atoms with E-state index in [1.807, 2.05) is 24.3 Å². The molecule has 1 aliphatic rings. The molecule has 27 heavy (non-hydrogen) atoms. The molecule has 0 saturated carbocycles. The first-order chi connectivity index (χ1) is 13.1. The number of hydrogen-bond acceptors (Lipinski definition) is 3. The van der Waals surface area contributed by atoms with Crippen LogP contribution in [0, 0.1) is 17.1 Å². The lowest BCUT2D eigenvalue weighted by molar-refractivity contribution is -0.117. The molecule has 0 spiro atoms. The lowest BCUT2D eigenvalue weighted by Gasteiger charge is -2.32. The number of amides is 1. The first-order valence-electron chi connectivity index (χ1n) is 9.08. The van der Waals surface area contributed by atoms with Crippen LogP contribution in [0.15, 0.2) is 54.6 Å². The van der Waals surface area contributed by atoms with E-state index < -0.39 is 0 Å². The predicted molar refractivity (Wildman–Crippen MR) is 103 cm³/mol. The molecule has 4 nitrogen and oxygen atoms in total. The van der Waals surface area contributed by atoms with E-state index >= 15 is 0 Å². The maximum atomic E-state index is 13.8. The summed E-state index contributed by atoms with van der Waals surface area (Å²) < 4.78 is 13.8. The first-order valence-corrected chi connectivity index (χ1v) is 9.08. The van der Waals surface area contributed by atoms with Crippen molar-refractivity contribution < 1.29 is 9.18 Å². The second-order valence-electron chi connectivity index (χ2n) is 6.72. The van der Waals surface area contributed by atoms with Gasteiger partial charge >= 0.3 is 0 Å². The fraction of sp³-hybridized carbons (Fsp3) is 0.273. The number of piperidine rings is 1. The van der Waals surface area contributed by atoms with Gasteiger partial charge in [-0.05, 0) is 42.7 Å². The van der Waals surface area contributed by atoms with E-state index in [9.17, 15) is 9.18 Å². The van der Waals surface area contributed by atoms with Crippen molar-refractivity contribution in [1.82, 2.24) is 10.2 Å². The van der Waals surface area contributed by atoms with Crippen LogP contribution in [0.5, 0.6) is 0 Å². The molecule has 1 aliphatic heterocycles. The van der Waals surface area contributed by atoms with Crippen molar-refractivity contribution in [3.63, 3.8) is 0 Å². The molecule has 0 aliphatic carbocycles. The van der Waals surface area contributed by atoms with E-state index in [-0.39, 0.29) is 17.8 Å². The summed E-state index contributed by atoms with van der Waals surface area (Å²) in [6.45, 7) is 2.27. The van der Waals surface area contributed by atoms with Crippen molar-refractivity contribution in [2.75, 3.05) is 13.1 Å². The molecule has 1 N–H and O–H groups in total. The van der Waals surface area contributed by atoms with E-state index in [0.29, 0.717) is 17.7 Å². The Hall–Kier alpha value is -2.97. The predicted octanol–water partition coefficient (Wildman–Crippen LogP) is 3.49. The number of nitriles is 1. The van der Waals surface area contributed by atoms with Crippen LogP contribution >= 0.6 is 0 Å². The SMILES string of the molecule is N#Cc1ccc(/C=C\C(=O)NC2CCN(Cc3ccccc3F)CC2)cc1. The smallest absolute Gasteiger partial charge is 0.244 e. The van der Waals surface area contributed by atoms with Gasteiger partial charge in [-0.1, -0.05) is 30.3 Å². The quantitative estimate of drug-likeness (QED) is 0.828. The van der Waals surface area contributed by atoms with Gasteiger partial charge in [0.25, 0.3) is 0 Å². The van der Waals surface area contributed by atoms with Gasteiger partial charge in [-0.15, -0.1) is 0 Å². The Balaban J connectivity index is 1.44. The Kier molecular flexibility index (Phi) is 6.35. The monoisotopic (exact) mass is 363 g/mol. The van der Waals surface area contributed by atoms with Crippen LogP contribution in [0.25, 0.3) is 6.08 Å². The largest absolute Gasteiger partial charge is 0.350 e. The second kappa shape index (κ2) is 9.11. The Morgan fingerprint density at radius 3 is 2.56 bits per heavy atom. The van der Waals surface area contributed by atoms with Gasteiger partial charge in [0.15, 0.2) is 0 Å². The average molecular weight is 363 g/mol. The molecule has 0 radical (unpaired) electrons. The molecule has 0 aromatic heterocycles. The minimum atomic E-state index is -0.166. The van der Waals surface area contributed by atoms with E-state index in [2.05, 4.69) is 16.3 Å². The zero-order valence-corrected chi connectivity index (χ0v) is 15.1. The number of nitrogens with one attached hydrogen (secondary N) is 1. The van der Waals surface area contributed by atoms with E-state index in [4.69, 9.17) is 5.26 Å². The third-order valence-corrected chi connectivity index (χ3v) is 4.75. The van der Waals surface area contributed by atoms with Gasteiger partial charge in [0.05, 0.1) is 11.6 Å². The lowest BCUT2D eigenvalue weighted by atomic mass is 10.0. The highest BCUT2D eigenvalue weighted by atomic mass is 19.1. The van der Waals surface area contributed by atoms with Crippen LogP contribution in [0.1, 0.15) is 29.5 Å². The van der Waals surface area contributed by atoms with Crippen molar-refractivity contribution in [2.45, 2.75) is 25.4 Å². The Morgan fingerprint density at radius 2 is 1.89 bits per heavy atom. The number of carbonyl (C=O) groups is 1. The van der Waals surface area contributed by atoms with Crippen molar-refractivity contribution in [1.29, 1.82) is 5.26 Å². The third-order valence-electron chi connectivity index (χ3n) is 4.75. The molecule has 1 heterocycles. The van der Waals surface area contributed by atoms with Gasteiger partial charge in [0, 0.05) is 37.3 Å². The van der Waals surface area contributed by atoms with Crippen LogP contribution in [-0.2, 0) is 11.3 Å². The van der Waals surface area contributed by atoms with Gasteiger partial charge in [0.1, 0.15) is 5.82 Å². The highest BCUT2D eigenvalue weighted by molar-refractivity contribution is 5.91. The molecule has 3 rings (SSSR count). The molecular weight excluding hydrogens is 341 g/mol. The van der Waals surface area contributed by atoms with Crippen molar-refractivity contribution in [3.8, 4) is 6.07 Å². The zero-order valence-electron chi connectivity index (χ0n) is 15.1. The van der Waals surface area contributed by atoms with Gasteiger partial charge in [-0.2, -0.15) is 5.26 Å². The number of carbonyl (C=O) groups excluding carboxylic acids is 1. The topological polar surface area (TPSA) is 56.1 Å². The maximum absolute atomic E-state index is 13.8. The van der Waals surface area contributed by atoms with E-state index in [1.165, 1.54) is 12.1 Å². The van der Waals surface area contributed by atoms with E-state index in [1.54, 1.807) is 24.3 Å². The van der Waals surface area contributed by atoms with Gasteiger partial charge < -0.3 is 5.32 Å². The Labute approximate surface area is 158 Å². The van der Waals surface area contributed by atoms with Crippen LogP contribution in [0.2, 0.25) is 0 Å². The fourth-order valence-electron chi connectivity index (χ4n) is 3.19. The van der Waals surface area contributed by atoms with Crippen LogP contribution in [0.3, 0.4) is 0 Å². The standard InChI is InChI=1S/C22H22FN3O/c23-21-4-2-1-3-19(21)16-26-13-11-20(12-14-26)25-22(27)10-9-17-5-7-18(15-24)8-6-17/h1-10,20H,11-14,16H2,(H,25,27)/b10-9-. The molecule has 1 amide bonds. The molecule has 2 aromatic rings. The van der Waals surface area contributed by atoms with Gasteiger partial charge in [-0.25, -0.2) is 4.39 Å². The summed E-state index contributed by atoms with van der Waals surface area (Å²) in [6, 6.07) is 16.1. The van der Waals surface area contributed by atoms with E-state index in [0.717, 1.165) is 31.5 Å². The van der Waals surface area contributed by atoms with Crippen LogP contribution in [-0.4, -0.2) is 29.9 Å². The van der Waals surface area contributed by atoms with Crippen LogP contribution < -0.4 is 5.32 Å². The summed E-state index contributed by atoms with van der Waals surface area (Å²) in [6.07, 6.45) is 4.96. The minimum Gasteiger partial charge on any atom is -0.350 e. The molecule has 0 unspecified atom stereocenters. The number of halogens is 1. The number of likely N-dealkylation sites (tertiary alicyclic amines) is 1. The zero-order chi connectivity index (χ0) is 19.1. The third kappa shape index (κ3) is 5.50. The fourth-order valence-corrected chi connectivity index (χ4v) is 3.19. The van der Waals surface area contributed by atoms with Gasteiger partial charge in [0.2, 0.25) is 5.91 Å². The molecular formula is C22H22FN3O. The molecule has 138 valence electrons. The molecule has 1 saturated heterocycles. The maximum Gasteiger partial charge on any atom is 0.244 e. The van der Waals surface area contributed by atoms with Crippen LogP contribution in [0.4, 0.5) is 4.39 Å². The molecule has 2 aromatic carbocycles. The number of nitrogens with zero attached hydrogens (tertiary/aromatic N) is 2. The Bertz CT molecular complexity index is 847. The molecule has 0 bridgehead atoms. The summed E-state index contributed by atoms with van der Waals surface area (Å²) in [4.78, 5) is 14.3. The summed E-state index contributed by atoms with van der Waals surface area (Å²) in [5.41, 5.74) is 2.19. The van der Waals surface area contributed by atoms with Crippen molar-refractivity contribution in [3.05, 3.63) is 77.1 Å². The van der Waals surface area contributed by atoms with Crippen molar-refractivity contribution in [2.24, 2.45) is 0 Å². The molecule has 1 fully saturated rings. The summed E-state index contributed by atoms with van der Waals surface area (Å²) in [5.74, 6) is -0.284. The van der Waals surface area contributed by atoms with Gasteiger partial charge in [-0.3, -0.25) is 9.69 Å². The molecule has 0 atom stereocenters. The number of hydrogen-bond donors (Lipinski definition) is 1. The average Bonchev–Trinajstić information content (AvgIpc) is 2.70. The molecule has 5 heteroatoms.